The fourth-order valence-corrected chi connectivity index (χ4v) is 2.60. The van der Waals surface area contributed by atoms with Crippen molar-refractivity contribution in [3.05, 3.63) is 51.5 Å². The Morgan fingerprint density at radius 3 is 2.75 bits per heavy atom. The summed E-state index contributed by atoms with van der Waals surface area (Å²) in [4.78, 5) is 0. The third-order valence-electron chi connectivity index (χ3n) is 3.01. The van der Waals surface area contributed by atoms with Crippen LogP contribution in [0.4, 0.5) is 4.39 Å². The number of rotatable bonds is 5. The largest absolute Gasteiger partial charge is 0.386 e. The van der Waals surface area contributed by atoms with Crippen LogP contribution >= 0.6 is 23.2 Å². The molecule has 108 valence electrons. The lowest BCUT2D eigenvalue weighted by molar-refractivity contribution is 0.166. The maximum Gasteiger partial charge on any atom is 0.124 e. The van der Waals surface area contributed by atoms with Crippen LogP contribution in [0, 0.1) is 5.82 Å². The molecule has 0 aliphatic rings. The first kappa shape index (κ1) is 15.3. The Balaban J connectivity index is 2.23. The number of nitrogens with zero attached hydrogens (tertiary/aromatic N) is 2. The Labute approximate surface area is 126 Å². The average Bonchev–Trinajstić information content (AvgIpc) is 2.74. The zero-order valence-electron chi connectivity index (χ0n) is 11.0. The van der Waals surface area contributed by atoms with Gasteiger partial charge in [0.05, 0.1) is 16.9 Å². The number of aliphatic hydroxyl groups is 1. The van der Waals surface area contributed by atoms with E-state index in [1.54, 1.807) is 10.7 Å². The van der Waals surface area contributed by atoms with Gasteiger partial charge < -0.3 is 5.11 Å². The molecule has 1 unspecified atom stereocenters. The molecule has 20 heavy (non-hydrogen) atoms. The van der Waals surface area contributed by atoms with Crippen LogP contribution in [-0.4, -0.2) is 14.9 Å². The van der Waals surface area contributed by atoms with Crippen LogP contribution in [0.25, 0.3) is 0 Å². The third-order valence-corrected chi connectivity index (χ3v) is 3.66. The topological polar surface area (TPSA) is 38.0 Å². The van der Waals surface area contributed by atoms with E-state index in [4.69, 9.17) is 23.2 Å². The summed E-state index contributed by atoms with van der Waals surface area (Å²) in [5.74, 6) is -0.401. The van der Waals surface area contributed by atoms with Crippen LogP contribution < -0.4 is 0 Å². The monoisotopic (exact) mass is 316 g/mol. The number of halogens is 3. The summed E-state index contributed by atoms with van der Waals surface area (Å²) in [5.41, 5.74) is 1.23. The van der Waals surface area contributed by atoms with Crippen molar-refractivity contribution in [3.8, 4) is 0 Å². The fraction of sp³-hybridized carbons (Fsp3) is 0.357. The summed E-state index contributed by atoms with van der Waals surface area (Å²) < 4.78 is 14.7. The number of benzene rings is 1. The maximum absolute atomic E-state index is 13.0. The van der Waals surface area contributed by atoms with Gasteiger partial charge >= 0.3 is 0 Å². The molecule has 0 aliphatic carbocycles. The van der Waals surface area contributed by atoms with E-state index < -0.39 is 11.9 Å². The normalized spacial score (nSPS) is 12.7. The van der Waals surface area contributed by atoms with E-state index in [1.165, 1.54) is 18.3 Å². The summed E-state index contributed by atoms with van der Waals surface area (Å²) >= 11 is 12.0. The van der Waals surface area contributed by atoms with Crippen molar-refractivity contribution in [2.45, 2.75) is 32.4 Å². The van der Waals surface area contributed by atoms with Crippen molar-refractivity contribution >= 4 is 23.2 Å². The molecule has 2 rings (SSSR count). The molecular weight excluding hydrogens is 302 g/mol. The Morgan fingerprint density at radius 2 is 2.10 bits per heavy atom. The molecule has 1 atom stereocenters. The highest BCUT2D eigenvalue weighted by atomic mass is 35.5. The number of aliphatic hydroxyl groups excluding tert-OH is 1. The average molecular weight is 317 g/mol. The van der Waals surface area contributed by atoms with E-state index in [0.717, 1.165) is 6.42 Å². The van der Waals surface area contributed by atoms with Crippen LogP contribution in [0.5, 0.6) is 0 Å². The van der Waals surface area contributed by atoms with Gasteiger partial charge in [-0.2, -0.15) is 5.10 Å². The molecule has 0 saturated carbocycles. The third kappa shape index (κ3) is 3.32. The van der Waals surface area contributed by atoms with E-state index in [0.29, 0.717) is 27.8 Å². The molecule has 0 amide bonds. The van der Waals surface area contributed by atoms with Gasteiger partial charge in [0.25, 0.3) is 0 Å². The molecule has 1 aromatic carbocycles. The van der Waals surface area contributed by atoms with Crippen molar-refractivity contribution in [1.82, 2.24) is 9.78 Å². The highest BCUT2D eigenvalue weighted by molar-refractivity contribution is 6.31. The molecule has 2 aromatic rings. The SMILES string of the molecule is CCCn1ncc(Cl)c1C(O)Cc1ccc(F)cc1Cl. The summed E-state index contributed by atoms with van der Waals surface area (Å²) in [6, 6.07) is 4.11. The highest BCUT2D eigenvalue weighted by Gasteiger charge is 2.19. The van der Waals surface area contributed by atoms with Gasteiger partial charge in [-0.3, -0.25) is 4.68 Å². The molecule has 1 heterocycles. The zero-order valence-corrected chi connectivity index (χ0v) is 12.5. The van der Waals surface area contributed by atoms with Crippen LogP contribution in [0.1, 0.15) is 30.7 Å². The second kappa shape index (κ2) is 6.57. The molecule has 0 aliphatic heterocycles. The lowest BCUT2D eigenvalue weighted by Gasteiger charge is -2.14. The standard InChI is InChI=1S/C14H15Cl2FN2O/c1-2-5-19-14(12(16)8-18-19)13(20)6-9-3-4-10(17)7-11(9)15/h3-4,7-8,13,20H,2,5-6H2,1H3. The zero-order chi connectivity index (χ0) is 14.7. The Hall–Kier alpha value is -1.10. The lowest BCUT2D eigenvalue weighted by atomic mass is 10.1. The molecule has 3 nitrogen and oxygen atoms in total. The maximum atomic E-state index is 13.0. The summed E-state index contributed by atoms with van der Waals surface area (Å²) in [7, 11) is 0. The molecule has 0 spiro atoms. The van der Waals surface area contributed by atoms with E-state index in [9.17, 15) is 9.50 Å². The molecular formula is C14H15Cl2FN2O. The first-order chi connectivity index (χ1) is 9.52. The minimum Gasteiger partial charge on any atom is -0.386 e. The number of hydrogen-bond acceptors (Lipinski definition) is 2. The van der Waals surface area contributed by atoms with Crippen LogP contribution in [0.2, 0.25) is 10.0 Å². The first-order valence-electron chi connectivity index (χ1n) is 6.36. The van der Waals surface area contributed by atoms with Crippen LogP contribution in [0.15, 0.2) is 24.4 Å². The van der Waals surface area contributed by atoms with E-state index in [1.807, 2.05) is 6.92 Å². The fourth-order valence-electron chi connectivity index (χ4n) is 2.09. The van der Waals surface area contributed by atoms with Crippen LogP contribution in [-0.2, 0) is 13.0 Å². The number of aromatic nitrogens is 2. The molecule has 0 bridgehead atoms. The Morgan fingerprint density at radius 1 is 1.35 bits per heavy atom. The van der Waals surface area contributed by atoms with Crippen molar-refractivity contribution in [3.63, 3.8) is 0 Å². The number of hydrogen-bond donors (Lipinski definition) is 1. The molecule has 1 aromatic heterocycles. The van der Waals surface area contributed by atoms with Crippen LogP contribution in [0.3, 0.4) is 0 Å². The van der Waals surface area contributed by atoms with Gasteiger partial charge in [0.15, 0.2) is 0 Å². The van der Waals surface area contributed by atoms with E-state index in [2.05, 4.69) is 5.10 Å². The van der Waals surface area contributed by atoms with Crippen molar-refractivity contribution in [2.24, 2.45) is 0 Å². The minimum absolute atomic E-state index is 0.258. The van der Waals surface area contributed by atoms with Crippen molar-refractivity contribution in [2.75, 3.05) is 0 Å². The van der Waals surface area contributed by atoms with Crippen molar-refractivity contribution in [1.29, 1.82) is 0 Å². The summed E-state index contributed by atoms with van der Waals surface area (Å²) in [6.45, 7) is 2.69. The first-order valence-corrected chi connectivity index (χ1v) is 7.11. The van der Waals surface area contributed by atoms with E-state index >= 15 is 0 Å². The summed E-state index contributed by atoms with van der Waals surface area (Å²) in [6.07, 6.45) is 1.82. The molecule has 1 N–H and O–H groups in total. The Bertz CT molecular complexity index is 601. The van der Waals surface area contributed by atoms with Gasteiger partial charge in [-0.05, 0) is 24.1 Å². The van der Waals surface area contributed by atoms with E-state index in [-0.39, 0.29) is 6.42 Å². The predicted octanol–water partition coefficient (Wildman–Crippen LogP) is 4.02. The van der Waals surface area contributed by atoms with Gasteiger partial charge in [0, 0.05) is 18.0 Å². The van der Waals surface area contributed by atoms with Gasteiger partial charge in [-0.1, -0.05) is 36.2 Å². The quantitative estimate of drug-likeness (QED) is 0.904. The highest BCUT2D eigenvalue weighted by Crippen LogP contribution is 2.28. The molecule has 6 heteroatoms. The van der Waals surface area contributed by atoms with Gasteiger partial charge in [-0.15, -0.1) is 0 Å². The second-order valence-corrected chi connectivity index (χ2v) is 5.37. The lowest BCUT2D eigenvalue weighted by Crippen LogP contribution is -2.11. The molecule has 0 radical (unpaired) electrons. The predicted molar refractivity (Wildman–Crippen MR) is 77.6 cm³/mol. The minimum atomic E-state index is -0.834. The molecule has 0 fully saturated rings. The number of aryl methyl sites for hydroxylation is 1. The van der Waals surface area contributed by atoms with Gasteiger partial charge in [0.2, 0.25) is 0 Å². The second-order valence-electron chi connectivity index (χ2n) is 4.56. The molecule has 0 saturated heterocycles. The summed E-state index contributed by atoms with van der Waals surface area (Å²) in [5, 5.41) is 15.2. The van der Waals surface area contributed by atoms with Gasteiger partial charge in [0.1, 0.15) is 11.9 Å². The Kier molecular flexibility index (Phi) is 5.02. The van der Waals surface area contributed by atoms with Crippen molar-refractivity contribution < 1.29 is 9.50 Å². The van der Waals surface area contributed by atoms with Gasteiger partial charge in [-0.25, -0.2) is 4.39 Å². The smallest absolute Gasteiger partial charge is 0.124 e.